The highest BCUT2D eigenvalue weighted by Crippen LogP contribution is 2.29. The van der Waals surface area contributed by atoms with Crippen LogP contribution in [0.1, 0.15) is 28.9 Å². The summed E-state index contributed by atoms with van der Waals surface area (Å²) in [7, 11) is 1.81. The van der Waals surface area contributed by atoms with Crippen LogP contribution in [-0.2, 0) is 11.8 Å². The molecule has 0 aromatic carbocycles. The van der Waals surface area contributed by atoms with Gasteiger partial charge in [0.1, 0.15) is 5.69 Å². The predicted octanol–water partition coefficient (Wildman–Crippen LogP) is 1.87. The first-order chi connectivity index (χ1) is 13.0. The Hall–Kier alpha value is -3.16. The number of hydrogen-bond donors (Lipinski definition) is 1. The highest BCUT2D eigenvalue weighted by Gasteiger charge is 2.29. The maximum absolute atomic E-state index is 13.3. The molecule has 0 radical (unpaired) electrons. The van der Waals surface area contributed by atoms with Crippen molar-refractivity contribution in [1.29, 1.82) is 0 Å². The number of piperidine rings is 1. The zero-order valence-electron chi connectivity index (χ0n) is 15.3. The Bertz CT molecular complexity index is 1010. The molecule has 0 aliphatic carbocycles. The van der Waals surface area contributed by atoms with Crippen molar-refractivity contribution in [2.45, 2.75) is 19.8 Å². The number of fused-ring (bicyclic) bond motifs is 1. The van der Waals surface area contributed by atoms with Crippen molar-refractivity contribution in [3.05, 3.63) is 35.7 Å². The molecule has 8 nitrogen and oxygen atoms in total. The van der Waals surface area contributed by atoms with Gasteiger partial charge in [0.2, 0.25) is 5.91 Å². The van der Waals surface area contributed by atoms with Crippen LogP contribution in [0.4, 0.5) is 0 Å². The Kier molecular flexibility index (Phi) is 4.18. The smallest absolute Gasteiger partial charge is 0.254 e. The lowest BCUT2D eigenvalue weighted by Gasteiger charge is -2.30. The Morgan fingerprint density at radius 1 is 1.30 bits per heavy atom. The molecule has 0 bridgehead atoms. The monoisotopic (exact) mass is 367 g/mol. The molecule has 27 heavy (non-hydrogen) atoms. The van der Waals surface area contributed by atoms with Crippen molar-refractivity contribution < 1.29 is 14.0 Å². The van der Waals surface area contributed by atoms with E-state index in [-0.39, 0.29) is 17.7 Å². The van der Waals surface area contributed by atoms with E-state index in [4.69, 9.17) is 10.2 Å². The SMILES string of the molecule is Cc1nn(C)c2nc(-c3ccco3)cc(C(=O)N3CCC(C(N)=O)CC3)c12. The second-order valence-electron chi connectivity index (χ2n) is 6.91. The molecule has 0 unspecified atom stereocenters. The molecule has 4 rings (SSSR count). The lowest BCUT2D eigenvalue weighted by atomic mass is 9.95. The average molecular weight is 367 g/mol. The van der Waals surface area contributed by atoms with Crippen LogP contribution >= 0.6 is 0 Å². The molecule has 0 atom stereocenters. The molecular formula is C19H21N5O3. The lowest BCUT2D eigenvalue weighted by molar-refractivity contribution is -0.123. The van der Waals surface area contributed by atoms with E-state index in [0.717, 1.165) is 11.1 Å². The van der Waals surface area contributed by atoms with E-state index in [0.29, 0.717) is 48.6 Å². The minimum Gasteiger partial charge on any atom is -0.463 e. The number of furan rings is 1. The largest absolute Gasteiger partial charge is 0.463 e. The second-order valence-corrected chi connectivity index (χ2v) is 6.91. The van der Waals surface area contributed by atoms with Crippen LogP contribution in [0.3, 0.4) is 0 Å². The zero-order chi connectivity index (χ0) is 19.1. The van der Waals surface area contributed by atoms with Crippen molar-refractivity contribution in [3.8, 4) is 11.5 Å². The van der Waals surface area contributed by atoms with Crippen molar-refractivity contribution in [2.24, 2.45) is 18.7 Å². The lowest BCUT2D eigenvalue weighted by Crippen LogP contribution is -2.41. The van der Waals surface area contributed by atoms with Gasteiger partial charge in [-0.25, -0.2) is 4.98 Å². The molecule has 0 spiro atoms. The molecule has 1 fully saturated rings. The molecule has 1 saturated heterocycles. The van der Waals surface area contributed by atoms with Crippen LogP contribution in [0.15, 0.2) is 28.9 Å². The summed E-state index contributed by atoms with van der Waals surface area (Å²) in [5.74, 6) is 0.0494. The van der Waals surface area contributed by atoms with E-state index in [9.17, 15) is 9.59 Å². The number of aromatic nitrogens is 3. The van der Waals surface area contributed by atoms with Crippen molar-refractivity contribution in [1.82, 2.24) is 19.7 Å². The number of rotatable bonds is 3. The third kappa shape index (κ3) is 2.97. The van der Waals surface area contributed by atoms with Gasteiger partial charge in [-0.1, -0.05) is 0 Å². The van der Waals surface area contributed by atoms with E-state index in [1.807, 2.05) is 13.0 Å². The maximum Gasteiger partial charge on any atom is 0.254 e. The fourth-order valence-electron chi connectivity index (χ4n) is 3.70. The number of pyridine rings is 1. The summed E-state index contributed by atoms with van der Waals surface area (Å²) >= 11 is 0. The number of nitrogens with zero attached hydrogens (tertiary/aromatic N) is 4. The van der Waals surface area contributed by atoms with Gasteiger partial charge >= 0.3 is 0 Å². The van der Waals surface area contributed by atoms with Crippen LogP contribution < -0.4 is 5.73 Å². The van der Waals surface area contributed by atoms with Gasteiger partial charge < -0.3 is 15.1 Å². The Labute approximate surface area is 155 Å². The third-order valence-electron chi connectivity index (χ3n) is 5.16. The van der Waals surface area contributed by atoms with Gasteiger partial charge in [0.25, 0.3) is 5.91 Å². The van der Waals surface area contributed by atoms with Crippen LogP contribution in [0.2, 0.25) is 0 Å². The third-order valence-corrected chi connectivity index (χ3v) is 5.16. The molecule has 0 saturated carbocycles. The number of primary amides is 1. The van der Waals surface area contributed by atoms with E-state index >= 15 is 0 Å². The topological polar surface area (TPSA) is 107 Å². The highest BCUT2D eigenvalue weighted by molar-refractivity contribution is 6.07. The van der Waals surface area contributed by atoms with Crippen LogP contribution in [-0.4, -0.2) is 44.6 Å². The van der Waals surface area contributed by atoms with Crippen LogP contribution in [0.25, 0.3) is 22.5 Å². The first-order valence-electron chi connectivity index (χ1n) is 8.92. The summed E-state index contributed by atoms with van der Waals surface area (Å²) in [4.78, 5) is 31.1. The van der Waals surface area contributed by atoms with Crippen molar-refractivity contribution in [3.63, 3.8) is 0 Å². The van der Waals surface area contributed by atoms with Gasteiger partial charge in [-0.15, -0.1) is 0 Å². The molecule has 2 N–H and O–H groups in total. The molecule has 2 amide bonds. The van der Waals surface area contributed by atoms with E-state index in [2.05, 4.69) is 10.1 Å². The minimum absolute atomic E-state index is 0.0887. The van der Waals surface area contributed by atoms with Gasteiger partial charge in [0, 0.05) is 26.1 Å². The first kappa shape index (κ1) is 17.3. The molecule has 3 aromatic rings. The number of aryl methyl sites for hydroxylation is 2. The number of hydrogen-bond acceptors (Lipinski definition) is 5. The fourth-order valence-corrected chi connectivity index (χ4v) is 3.70. The Morgan fingerprint density at radius 3 is 2.67 bits per heavy atom. The average Bonchev–Trinajstić information content (AvgIpc) is 3.29. The quantitative estimate of drug-likeness (QED) is 0.760. The van der Waals surface area contributed by atoms with Gasteiger partial charge in [0.05, 0.1) is 22.9 Å². The summed E-state index contributed by atoms with van der Waals surface area (Å²) < 4.78 is 7.14. The molecule has 3 aromatic heterocycles. The van der Waals surface area contributed by atoms with Crippen molar-refractivity contribution in [2.75, 3.05) is 13.1 Å². The van der Waals surface area contributed by atoms with Gasteiger partial charge in [-0.3, -0.25) is 14.3 Å². The minimum atomic E-state index is -0.295. The van der Waals surface area contributed by atoms with Gasteiger partial charge in [-0.05, 0) is 38.0 Å². The molecule has 4 heterocycles. The summed E-state index contributed by atoms with van der Waals surface area (Å²) in [6.07, 6.45) is 2.75. The zero-order valence-corrected chi connectivity index (χ0v) is 15.3. The van der Waals surface area contributed by atoms with Crippen LogP contribution in [0.5, 0.6) is 0 Å². The van der Waals surface area contributed by atoms with E-state index < -0.39 is 0 Å². The normalized spacial score (nSPS) is 15.4. The number of amides is 2. The summed E-state index contributed by atoms with van der Waals surface area (Å²) in [5.41, 5.74) is 7.93. The Morgan fingerprint density at radius 2 is 2.04 bits per heavy atom. The van der Waals surface area contributed by atoms with E-state index in [1.165, 1.54) is 0 Å². The predicted molar refractivity (Wildman–Crippen MR) is 98.8 cm³/mol. The summed E-state index contributed by atoms with van der Waals surface area (Å²) in [5, 5.41) is 5.17. The standard InChI is InChI=1S/C19H21N5O3/c1-11-16-13(19(26)24-7-5-12(6-8-24)17(20)25)10-14(15-4-3-9-27-15)21-18(16)23(2)22-11/h3-4,9-10,12H,5-8H2,1-2H3,(H2,20,25). The van der Waals surface area contributed by atoms with Crippen LogP contribution in [0, 0.1) is 12.8 Å². The van der Waals surface area contributed by atoms with E-state index in [1.54, 1.807) is 35.0 Å². The Balaban J connectivity index is 1.76. The molecule has 8 heteroatoms. The summed E-state index contributed by atoms with van der Waals surface area (Å²) in [6, 6.07) is 5.36. The van der Waals surface area contributed by atoms with Gasteiger partial charge in [0.15, 0.2) is 11.4 Å². The number of nitrogens with two attached hydrogens (primary N) is 1. The van der Waals surface area contributed by atoms with Gasteiger partial charge in [-0.2, -0.15) is 5.10 Å². The highest BCUT2D eigenvalue weighted by atomic mass is 16.3. The number of carbonyl (C=O) groups excluding carboxylic acids is 2. The fraction of sp³-hybridized carbons (Fsp3) is 0.368. The number of likely N-dealkylation sites (tertiary alicyclic amines) is 1. The molecule has 140 valence electrons. The molecular weight excluding hydrogens is 346 g/mol. The first-order valence-corrected chi connectivity index (χ1v) is 8.92. The second kappa shape index (κ2) is 6.53. The number of carbonyl (C=O) groups is 2. The summed E-state index contributed by atoms with van der Waals surface area (Å²) in [6.45, 7) is 2.88. The maximum atomic E-state index is 13.3. The van der Waals surface area contributed by atoms with Crippen molar-refractivity contribution >= 4 is 22.8 Å². The molecule has 1 aliphatic rings. The molecule has 1 aliphatic heterocycles.